The number of benzene rings is 2. The van der Waals surface area contributed by atoms with Crippen molar-refractivity contribution in [2.24, 2.45) is 5.73 Å². The molecule has 2 heterocycles. The number of hydrogen-bond donors (Lipinski definition) is 1. The maximum Gasteiger partial charge on any atom is 0.231 e. The number of amides is 1. The first-order valence-corrected chi connectivity index (χ1v) is 9.54. The molecule has 0 saturated heterocycles. The van der Waals surface area contributed by atoms with E-state index in [1.54, 1.807) is 55.8 Å². The van der Waals surface area contributed by atoms with Crippen LogP contribution in [0.3, 0.4) is 0 Å². The Kier molecular flexibility index (Phi) is 5.50. The molecule has 150 valence electrons. The van der Waals surface area contributed by atoms with Gasteiger partial charge in [0.25, 0.3) is 0 Å². The van der Waals surface area contributed by atoms with Crippen LogP contribution in [0.4, 0.5) is 0 Å². The molecular formula is C23H18ClN3O3. The second-order valence-corrected chi connectivity index (χ2v) is 7.04. The van der Waals surface area contributed by atoms with Crippen molar-refractivity contribution in [1.82, 2.24) is 9.97 Å². The van der Waals surface area contributed by atoms with Crippen LogP contribution in [0.25, 0.3) is 10.9 Å². The Balaban J connectivity index is 1.61. The van der Waals surface area contributed by atoms with Gasteiger partial charge in [0.05, 0.1) is 23.3 Å². The van der Waals surface area contributed by atoms with E-state index in [9.17, 15) is 4.79 Å². The van der Waals surface area contributed by atoms with E-state index < -0.39 is 11.8 Å². The summed E-state index contributed by atoms with van der Waals surface area (Å²) in [7, 11) is 1.61. The van der Waals surface area contributed by atoms with Crippen molar-refractivity contribution in [3.8, 4) is 17.2 Å². The van der Waals surface area contributed by atoms with Crippen molar-refractivity contribution in [3.05, 3.63) is 89.3 Å². The fourth-order valence-corrected chi connectivity index (χ4v) is 3.32. The van der Waals surface area contributed by atoms with E-state index in [1.165, 1.54) is 6.20 Å². The van der Waals surface area contributed by atoms with Crippen LogP contribution in [-0.2, 0) is 4.79 Å². The Hall–Kier alpha value is -3.64. The summed E-state index contributed by atoms with van der Waals surface area (Å²) in [6, 6.07) is 18.0. The Bertz CT molecular complexity index is 1190. The maximum absolute atomic E-state index is 12.1. The number of primary amides is 1. The van der Waals surface area contributed by atoms with Gasteiger partial charge in [0.15, 0.2) is 0 Å². The highest BCUT2D eigenvalue weighted by atomic mass is 35.5. The molecule has 7 heteroatoms. The van der Waals surface area contributed by atoms with Gasteiger partial charge >= 0.3 is 0 Å². The number of pyridine rings is 2. The van der Waals surface area contributed by atoms with E-state index in [0.29, 0.717) is 27.8 Å². The van der Waals surface area contributed by atoms with Crippen LogP contribution in [0.1, 0.15) is 17.2 Å². The smallest absolute Gasteiger partial charge is 0.231 e. The molecule has 0 aliphatic rings. The van der Waals surface area contributed by atoms with Crippen LogP contribution < -0.4 is 15.2 Å². The standard InChI is InChI=1S/C23H18ClN3O3/c1-29-17-7-8-18-20(12-17)26-11-10-21(18)30-16-5-2-14(3-6-16)22(23(25)28)19-9-4-15(24)13-27-19/h2-13,22H,1H3,(H2,25,28). The fraction of sp³-hybridized carbons (Fsp3) is 0.0870. The highest BCUT2D eigenvalue weighted by Crippen LogP contribution is 2.32. The SMILES string of the molecule is COc1ccc2c(Oc3ccc(C(C(N)=O)c4ccc(Cl)cn4)cc3)ccnc2c1. The first-order chi connectivity index (χ1) is 14.5. The number of fused-ring (bicyclic) bond motifs is 1. The average Bonchev–Trinajstić information content (AvgIpc) is 2.76. The van der Waals surface area contributed by atoms with Gasteiger partial charge in [0, 0.05) is 23.8 Å². The third-order valence-electron chi connectivity index (χ3n) is 4.68. The molecule has 4 rings (SSSR count). The largest absolute Gasteiger partial charge is 0.497 e. The quantitative estimate of drug-likeness (QED) is 0.489. The molecule has 2 aromatic heterocycles. The van der Waals surface area contributed by atoms with Crippen LogP contribution in [0.15, 0.2) is 73.1 Å². The Labute approximate surface area is 178 Å². The molecule has 6 nitrogen and oxygen atoms in total. The van der Waals surface area contributed by atoms with Crippen LogP contribution in [0.2, 0.25) is 5.02 Å². The fourth-order valence-electron chi connectivity index (χ4n) is 3.21. The monoisotopic (exact) mass is 419 g/mol. The minimum Gasteiger partial charge on any atom is -0.497 e. The third kappa shape index (κ3) is 4.04. The van der Waals surface area contributed by atoms with Gasteiger partial charge in [0.2, 0.25) is 5.91 Å². The predicted molar refractivity (Wildman–Crippen MR) is 115 cm³/mol. The zero-order valence-electron chi connectivity index (χ0n) is 16.1. The van der Waals surface area contributed by atoms with Gasteiger partial charge in [-0.1, -0.05) is 23.7 Å². The zero-order valence-corrected chi connectivity index (χ0v) is 16.8. The van der Waals surface area contributed by atoms with Crippen molar-refractivity contribution < 1.29 is 14.3 Å². The molecule has 0 bridgehead atoms. The van der Waals surface area contributed by atoms with Gasteiger partial charge in [-0.25, -0.2) is 0 Å². The lowest BCUT2D eigenvalue weighted by Gasteiger charge is -2.14. The lowest BCUT2D eigenvalue weighted by Crippen LogP contribution is -2.23. The number of nitrogens with two attached hydrogens (primary N) is 1. The predicted octanol–water partition coefficient (Wildman–Crippen LogP) is 4.70. The van der Waals surface area contributed by atoms with Gasteiger partial charge in [-0.3, -0.25) is 14.8 Å². The van der Waals surface area contributed by atoms with Crippen LogP contribution in [0.5, 0.6) is 17.2 Å². The summed E-state index contributed by atoms with van der Waals surface area (Å²) in [5.41, 5.74) is 7.65. The first-order valence-electron chi connectivity index (χ1n) is 9.16. The highest BCUT2D eigenvalue weighted by molar-refractivity contribution is 6.30. The van der Waals surface area contributed by atoms with Crippen molar-refractivity contribution in [3.63, 3.8) is 0 Å². The average molecular weight is 420 g/mol. The number of ether oxygens (including phenoxy) is 2. The Morgan fingerprint density at radius 2 is 1.77 bits per heavy atom. The minimum atomic E-state index is -0.675. The first kappa shape index (κ1) is 19.7. The van der Waals surface area contributed by atoms with E-state index in [4.69, 9.17) is 26.8 Å². The summed E-state index contributed by atoms with van der Waals surface area (Å²) in [6.45, 7) is 0. The molecule has 0 aliphatic carbocycles. The number of carbonyl (C=O) groups excluding carboxylic acids is 1. The number of nitrogens with zero attached hydrogens (tertiary/aromatic N) is 2. The van der Waals surface area contributed by atoms with Gasteiger partial charge in [-0.15, -0.1) is 0 Å². The minimum absolute atomic E-state index is 0.493. The number of hydrogen-bond acceptors (Lipinski definition) is 5. The summed E-state index contributed by atoms with van der Waals surface area (Å²) in [5.74, 6) is 0.846. The molecule has 0 saturated carbocycles. The molecule has 0 radical (unpaired) electrons. The zero-order chi connectivity index (χ0) is 21.1. The van der Waals surface area contributed by atoms with Gasteiger partial charge in [-0.05, 0) is 48.0 Å². The molecule has 1 amide bonds. The van der Waals surface area contributed by atoms with Crippen molar-refractivity contribution in [2.45, 2.75) is 5.92 Å². The van der Waals surface area contributed by atoms with Gasteiger partial charge in [-0.2, -0.15) is 0 Å². The second-order valence-electron chi connectivity index (χ2n) is 6.60. The second kappa shape index (κ2) is 8.39. The van der Waals surface area contributed by atoms with Gasteiger partial charge < -0.3 is 15.2 Å². The van der Waals surface area contributed by atoms with Crippen molar-refractivity contribution in [2.75, 3.05) is 7.11 Å². The third-order valence-corrected chi connectivity index (χ3v) is 4.91. The molecule has 2 N–H and O–H groups in total. The van der Waals surface area contributed by atoms with E-state index in [2.05, 4.69) is 9.97 Å². The molecule has 30 heavy (non-hydrogen) atoms. The lowest BCUT2D eigenvalue weighted by atomic mass is 9.94. The van der Waals surface area contributed by atoms with E-state index >= 15 is 0 Å². The summed E-state index contributed by atoms with van der Waals surface area (Å²) < 4.78 is 11.3. The number of halogens is 1. The van der Waals surface area contributed by atoms with E-state index in [-0.39, 0.29) is 0 Å². The number of methoxy groups -OCH3 is 1. The molecule has 2 aromatic carbocycles. The molecule has 4 aromatic rings. The van der Waals surface area contributed by atoms with Crippen LogP contribution in [0, 0.1) is 0 Å². The summed E-state index contributed by atoms with van der Waals surface area (Å²) in [5, 5.41) is 1.36. The Morgan fingerprint density at radius 3 is 2.43 bits per heavy atom. The topological polar surface area (TPSA) is 87.3 Å². The summed E-state index contributed by atoms with van der Waals surface area (Å²) in [6.07, 6.45) is 3.18. The summed E-state index contributed by atoms with van der Waals surface area (Å²) >= 11 is 5.89. The molecule has 1 atom stereocenters. The molecule has 1 unspecified atom stereocenters. The molecular weight excluding hydrogens is 402 g/mol. The number of rotatable bonds is 6. The Morgan fingerprint density at radius 1 is 1.00 bits per heavy atom. The van der Waals surface area contributed by atoms with Crippen molar-refractivity contribution in [1.29, 1.82) is 0 Å². The lowest BCUT2D eigenvalue weighted by molar-refractivity contribution is -0.118. The van der Waals surface area contributed by atoms with E-state index in [1.807, 2.05) is 18.2 Å². The van der Waals surface area contributed by atoms with Crippen LogP contribution >= 0.6 is 11.6 Å². The van der Waals surface area contributed by atoms with Gasteiger partial charge in [0.1, 0.15) is 23.2 Å². The normalized spacial score (nSPS) is 11.8. The molecule has 0 aliphatic heterocycles. The number of aromatic nitrogens is 2. The highest BCUT2D eigenvalue weighted by Gasteiger charge is 2.21. The summed E-state index contributed by atoms with van der Waals surface area (Å²) in [4.78, 5) is 20.7. The van der Waals surface area contributed by atoms with E-state index in [0.717, 1.165) is 16.7 Å². The number of carbonyl (C=O) groups is 1. The molecule has 0 fully saturated rings. The maximum atomic E-state index is 12.1. The van der Waals surface area contributed by atoms with Crippen molar-refractivity contribution >= 4 is 28.4 Å². The molecule has 0 spiro atoms. The van der Waals surface area contributed by atoms with Crippen LogP contribution in [-0.4, -0.2) is 23.0 Å².